The Kier molecular flexibility index (Phi) is 3.21. The molecule has 1 aliphatic heterocycles. The molecule has 1 aromatic heterocycles. The Balaban J connectivity index is 1.75. The summed E-state index contributed by atoms with van der Waals surface area (Å²) in [6.07, 6.45) is 3.53. The molecule has 3 rings (SSSR count). The van der Waals surface area contributed by atoms with Crippen LogP contribution in [0.1, 0.15) is 37.6 Å². The van der Waals surface area contributed by atoms with E-state index in [2.05, 4.69) is 42.8 Å². The third-order valence-electron chi connectivity index (χ3n) is 4.17. The standard InChI is InChI=1S/C16H24N4/c1-11(18-13-4-5-13)14-6-7-15(12(2)19-14)20-9-8-16(3,17)10-20/h6-7,13,18H,1,4-5,8-10,17H2,2-3H3/t16-/m1/s1. The average molecular weight is 272 g/mol. The molecule has 1 aromatic rings. The lowest BCUT2D eigenvalue weighted by atomic mass is 10.0. The fraction of sp³-hybridized carbons (Fsp3) is 0.562. The lowest BCUT2D eigenvalue weighted by Gasteiger charge is -2.23. The number of rotatable bonds is 4. The van der Waals surface area contributed by atoms with E-state index in [0.717, 1.165) is 36.6 Å². The van der Waals surface area contributed by atoms with Gasteiger partial charge in [0.25, 0.3) is 0 Å². The van der Waals surface area contributed by atoms with Crippen molar-refractivity contribution in [3.05, 3.63) is 30.1 Å². The van der Waals surface area contributed by atoms with Crippen LogP contribution in [-0.4, -0.2) is 29.7 Å². The molecule has 1 saturated heterocycles. The fourth-order valence-corrected chi connectivity index (χ4v) is 2.79. The summed E-state index contributed by atoms with van der Waals surface area (Å²) in [5.41, 5.74) is 10.3. The largest absolute Gasteiger partial charge is 0.381 e. The SMILES string of the molecule is C=C(NC1CC1)c1ccc(N2CC[C@@](C)(N)C2)c(C)n1. The highest BCUT2D eigenvalue weighted by molar-refractivity contribution is 5.62. The van der Waals surface area contributed by atoms with Crippen molar-refractivity contribution in [3.8, 4) is 0 Å². The molecule has 1 atom stereocenters. The Morgan fingerprint density at radius 3 is 2.80 bits per heavy atom. The second kappa shape index (κ2) is 4.77. The van der Waals surface area contributed by atoms with Gasteiger partial charge in [-0.2, -0.15) is 0 Å². The van der Waals surface area contributed by atoms with Crippen molar-refractivity contribution in [1.29, 1.82) is 0 Å². The predicted octanol–water partition coefficient (Wildman–Crippen LogP) is 2.04. The summed E-state index contributed by atoms with van der Waals surface area (Å²) < 4.78 is 0. The molecule has 0 aromatic carbocycles. The molecule has 2 aliphatic rings. The van der Waals surface area contributed by atoms with Gasteiger partial charge in [0, 0.05) is 24.7 Å². The average Bonchev–Trinajstić information content (AvgIpc) is 3.11. The minimum absolute atomic E-state index is 0.0811. The number of aryl methyl sites for hydroxylation is 1. The minimum atomic E-state index is -0.0811. The summed E-state index contributed by atoms with van der Waals surface area (Å²) in [7, 11) is 0. The van der Waals surface area contributed by atoms with Crippen LogP contribution in [0.4, 0.5) is 5.69 Å². The van der Waals surface area contributed by atoms with Crippen molar-refractivity contribution in [3.63, 3.8) is 0 Å². The van der Waals surface area contributed by atoms with E-state index in [4.69, 9.17) is 10.7 Å². The molecule has 4 heteroatoms. The molecule has 1 saturated carbocycles. The summed E-state index contributed by atoms with van der Waals surface area (Å²) in [5, 5.41) is 3.41. The number of nitrogens with one attached hydrogen (secondary N) is 1. The van der Waals surface area contributed by atoms with Gasteiger partial charge in [-0.25, -0.2) is 4.98 Å². The van der Waals surface area contributed by atoms with E-state index in [1.165, 1.54) is 18.5 Å². The number of hydrogen-bond donors (Lipinski definition) is 2. The summed E-state index contributed by atoms with van der Waals surface area (Å²) >= 11 is 0. The Labute approximate surface area is 121 Å². The molecule has 2 fully saturated rings. The van der Waals surface area contributed by atoms with Gasteiger partial charge in [-0.15, -0.1) is 0 Å². The lowest BCUT2D eigenvalue weighted by Crippen LogP contribution is -2.39. The number of nitrogens with zero attached hydrogens (tertiary/aromatic N) is 2. The van der Waals surface area contributed by atoms with Gasteiger partial charge >= 0.3 is 0 Å². The molecule has 0 amide bonds. The Morgan fingerprint density at radius 2 is 2.25 bits per heavy atom. The maximum Gasteiger partial charge on any atom is 0.0859 e. The highest BCUT2D eigenvalue weighted by atomic mass is 15.2. The molecule has 0 bridgehead atoms. The number of aromatic nitrogens is 1. The van der Waals surface area contributed by atoms with E-state index in [1.54, 1.807) is 0 Å². The summed E-state index contributed by atoms with van der Waals surface area (Å²) in [5.74, 6) is 0. The van der Waals surface area contributed by atoms with Gasteiger partial charge in [0.15, 0.2) is 0 Å². The van der Waals surface area contributed by atoms with Crippen LogP contribution in [0.5, 0.6) is 0 Å². The van der Waals surface area contributed by atoms with Crippen molar-refractivity contribution in [2.45, 2.75) is 44.7 Å². The highest BCUT2D eigenvalue weighted by Gasteiger charge is 2.30. The van der Waals surface area contributed by atoms with E-state index in [0.29, 0.717) is 6.04 Å². The zero-order valence-corrected chi connectivity index (χ0v) is 12.4. The van der Waals surface area contributed by atoms with Crippen molar-refractivity contribution >= 4 is 11.4 Å². The highest BCUT2D eigenvalue weighted by Crippen LogP contribution is 2.28. The fourth-order valence-electron chi connectivity index (χ4n) is 2.79. The zero-order chi connectivity index (χ0) is 14.3. The third kappa shape index (κ3) is 2.80. The van der Waals surface area contributed by atoms with Crippen LogP contribution in [0.15, 0.2) is 18.7 Å². The van der Waals surface area contributed by atoms with Crippen molar-refractivity contribution < 1.29 is 0 Å². The molecule has 108 valence electrons. The van der Waals surface area contributed by atoms with Crippen molar-refractivity contribution in [2.24, 2.45) is 5.73 Å². The Morgan fingerprint density at radius 1 is 1.50 bits per heavy atom. The maximum absolute atomic E-state index is 6.21. The number of anilines is 1. The zero-order valence-electron chi connectivity index (χ0n) is 12.4. The number of pyridine rings is 1. The monoisotopic (exact) mass is 272 g/mol. The van der Waals surface area contributed by atoms with E-state index < -0.39 is 0 Å². The molecule has 0 radical (unpaired) electrons. The van der Waals surface area contributed by atoms with Gasteiger partial charge in [0.2, 0.25) is 0 Å². The van der Waals surface area contributed by atoms with Crippen molar-refractivity contribution in [2.75, 3.05) is 18.0 Å². The van der Waals surface area contributed by atoms with E-state index >= 15 is 0 Å². The number of nitrogens with two attached hydrogens (primary N) is 1. The van der Waals surface area contributed by atoms with Gasteiger partial charge in [0.1, 0.15) is 0 Å². The molecular formula is C16H24N4. The van der Waals surface area contributed by atoms with Gasteiger partial charge in [-0.3, -0.25) is 0 Å². The second-order valence-electron chi connectivity index (χ2n) is 6.52. The molecule has 0 spiro atoms. The van der Waals surface area contributed by atoms with Gasteiger partial charge in [-0.1, -0.05) is 6.58 Å². The van der Waals surface area contributed by atoms with Crippen LogP contribution >= 0.6 is 0 Å². The first kappa shape index (κ1) is 13.4. The van der Waals surface area contributed by atoms with E-state index in [1.807, 2.05) is 0 Å². The lowest BCUT2D eigenvalue weighted by molar-refractivity contribution is 0.525. The van der Waals surface area contributed by atoms with Crippen LogP contribution in [0.2, 0.25) is 0 Å². The Bertz CT molecular complexity index is 531. The third-order valence-corrected chi connectivity index (χ3v) is 4.17. The molecular weight excluding hydrogens is 248 g/mol. The predicted molar refractivity (Wildman–Crippen MR) is 83.6 cm³/mol. The normalized spacial score (nSPS) is 25.9. The van der Waals surface area contributed by atoms with Crippen LogP contribution in [0.25, 0.3) is 5.70 Å². The first-order valence-electron chi connectivity index (χ1n) is 7.42. The molecule has 20 heavy (non-hydrogen) atoms. The molecule has 1 aliphatic carbocycles. The van der Waals surface area contributed by atoms with Gasteiger partial charge in [-0.05, 0) is 45.2 Å². The van der Waals surface area contributed by atoms with E-state index in [9.17, 15) is 0 Å². The summed E-state index contributed by atoms with van der Waals surface area (Å²) in [6.45, 7) is 10.2. The van der Waals surface area contributed by atoms with Crippen LogP contribution < -0.4 is 16.0 Å². The minimum Gasteiger partial charge on any atom is -0.381 e. The summed E-state index contributed by atoms with van der Waals surface area (Å²) in [6, 6.07) is 4.83. The van der Waals surface area contributed by atoms with Gasteiger partial charge in [0.05, 0.1) is 22.8 Å². The van der Waals surface area contributed by atoms with Crippen molar-refractivity contribution in [1.82, 2.24) is 10.3 Å². The number of hydrogen-bond acceptors (Lipinski definition) is 4. The molecule has 0 unspecified atom stereocenters. The Hall–Kier alpha value is -1.55. The smallest absolute Gasteiger partial charge is 0.0859 e. The second-order valence-corrected chi connectivity index (χ2v) is 6.52. The molecule has 2 heterocycles. The van der Waals surface area contributed by atoms with E-state index in [-0.39, 0.29) is 5.54 Å². The maximum atomic E-state index is 6.21. The topological polar surface area (TPSA) is 54.2 Å². The van der Waals surface area contributed by atoms with Crippen LogP contribution in [-0.2, 0) is 0 Å². The van der Waals surface area contributed by atoms with Crippen LogP contribution in [0.3, 0.4) is 0 Å². The van der Waals surface area contributed by atoms with Gasteiger partial charge < -0.3 is 16.0 Å². The molecule has 3 N–H and O–H groups in total. The first-order valence-corrected chi connectivity index (χ1v) is 7.42. The van der Waals surface area contributed by atoms with Crippen LogP contribution in [0, 0.1) is 6.92 Å². The molecule has 4 nitrogen and oxygen atoms in total. The quantitative estimate of drug-likeness (QED) is 0.880. The first-order chi connectivity index (χ1) is 9.44. The summed E-state index contributed by atoms with van der Waals surface area (Å²) in [4.78, 5) is 7.04.